The van der Waals surface area contributed by atoms with Crippen molar-refractivity contribution in [1.82, 2.24) is 10.2 Å². The average molecular weight is 231 g/mol. The van der Waals surface area contributed by atoms with E-state index in [1.807, 2.05) is 0 Å². The zero-order valence-corrected chi connectivity index (χ0v) is 8.86. The maximum atomic E-state index is 11.4. The fourth-order valence-electron chi connectivity index (χ4n) is 0.900. The number of methoxy groups -OCH3 is 1. The van der Waals surface area contributed by atoms with Gasteiger partial charge in [-0.3, -0.25) is 4.79 Å². The fourth-order valence-corrected chi connectivity index (χ4v) is 1.00. The SMILES string of the molecule is COC(CN)C(=O)Nc1ccc(Cl)nn1. The quantitative estimate of drug-likeness (QED) is 0.762. The highest BCUT2D eigenvalue weighted by molar-refractivity contribution is 6.29. The molecule has 0 aliphatic heterocycles. The Hall–Kier alpha value is -1.24. The van der Waals surface area contributed by atoms with Gasteiger partial charge in [-0.25, -0.2) is 0 Å². The molecule has 1 heterocycles. The minimum absolute atomic E-state index is 0.101. The summed E-state index contributed by atoms with van der Waals surface area (Å²) < 4.78 is 4.85. The van der Waals surface area contributed by atoms with Crippen molar-refractivity contribution >= 4 is 23.3 Å². The van der Waals surface area contributed by atoms with E-state index in [2.05, 4.69) is 15.5 Å². The maximum absolute atomic E-state index is 11.4. The van der Waals surface area contributed by atoms with Gasteiger partial charge in [-0.05, 0) is 12.1 Å². The number of hydrogen-bond acceptors (Lipinski definition) is 5. The highest BCUT2D eigenvalue weighted by Crippen LogP contribution is 2.06. The number of hydrogen-bond donors (Lipinski definition) is 2. The molecule has 0 saturated carbocycles. The van der Waals surface area contributed by atoms with Crippen molar-refractivity contribution in [3.63, 3.8) is 0 Å². The molecule has 0 aromatic carbocycles. The highest BCUT2D eigenvalue weighted by Gasteiger charge is 2.16. The number of carbonyl (C=O) groups is 1. The fraction of sp³-hybridized carbons (Fsp3) is 0.375. The van der Waals surface area contributed by atoms with Crippen molar-refractivity contribution in [2.75, 3.05) is 19.0 Å². The first-order valence-corrected chi connectivity index (χ1v) is 4.58. The number of anilines is 1. The van der Waals surface area contributed by atoms with Crippen LogP contribution in [0.2, 0.25) is 5.15 Å². The lowest BCUT2D eigenvalue weighted by Gasteiger charge is -2.11. The van der Waals surface area contributed by atoms with Crippen LogP contribution in [-0.2, 0) is 9.53 Å². The largest absolute Gasteiger partial charge is 0.370 e. The van der Waals surface area contributed by atoms with Gasteiger partial charge in [0.25, 0.3) is 5.91 Å². The van der Waals surface area contributed by atoms with E-state index in [4.69, 9.17) is 22.1 Å². The molecule has 0 radical (unpaired) electrons. The van der Waals surface area contributed by atoms with E-state index in [1.165, 1.54) is 19.2 Å². The summed E-state index contributed by atoms with van der Waals surface area (Å²) in [5, 5.41) is 9.99. The van der Waals surface area contributed by atoms with Crippen LogP contribution >= 0.6 is 11.6 Å². The normalized spacial score (nSPS) is 12.2. The molecule has 0 aliphatic carbocycles. The summed E-state index contributed by atoms with van der Waals surface area (Å²) in [6, 6.07) is 3.06. The highest BCUT2D eigenvalue weighted by atomic mass is 35.5. The van der Waals surface area contributed by atoms with Crippen molar-refractivity contribution in [3.8, 4) is 0 Å². The third-order valence-electron chi connectivity index (χ3n) is 1.67. The van der Waals surface area contributed by atoms with E-state index in [9.17, 15) is 4.79 Å². The monoisotopic (exact) mass is 230 g/mol. The molecule has 15 heavy (non-hydrogen) atoms. The summed E-state index contributed by atoms with van der Waals surface area (Å²) >= 11 is 5.53. The molecule has 0 saturated heterocycles. The lowest BCUT2D eigenvalue weighted by molar-refractivity contribution is -0.125. The first kappa shape index (κ1) is 11.8. The van der Waals surface area contributed by atoms with Crippen LogP contribution in [0.4, 0.5) is 5.82 Å². The molecule has 0 aliphatic rings. The standard InChI is InChI=1S/C8H11ClN4O2/c1-15-5(4-10)8(14)11-7-3-2-6(9)12-13-7/h2-3,5H,4,10H2,1H3,(H,11,13,14). The van der Waals surface area contributed by atoms with Gasteiger partial charge in [0.15, 0.2) is 11.0 Å². The first-order chi connectivity index (χ1) is 7.17. The number of rotatable bonds is 4. The molecule has 1 aromatic rings. The molecule has 0 fully saturated rings. The van der Waals surface area contributed by atoms with Crippen LogP contribution in [0.5, 0.6) is 0 Å². The first-order valence-electron chi connectivity index (χ1n) is 4.20. The number of halogens is 1. The van der Waals surface area contributed by atoms with Gasteiger partial charge in [-0.2, -0.15) is 0 Å². The maximum Gasteiger partial charge on any atom is 0.256 e. The topological polar surface area (TPSA) is 90.1 Å². The average Bonchev–Trinajstić information content (AvgIpc) is 2.23. The summed E-state index contributed by atoms with van der Waals surface area (Å²) in [5.41, 5.74) is 5.32. The van der Waals surface area contributed by atoms with E-state index in [0.717, 1.165) is 0 Å². The number of nitrogens with one attached hydrogen (secondary N) is 1. The third kappa shape index (κ3) is 3.43. The molecule has 82 valence electrons. The van der Waals surface area contributed by atoms with Gasteiger partial charge in [0.05, 0.1) is 0 Å². The molecule has 0 bridgehead atoms. The third-order valence-corrected chi connectivity index (χ3v) is 1.88. The van der Waals surface area contributed by atoms with Gasteiger partial charge < -0.3 is 15.8 Å². The van der Waals surface area contributed by atoms with Crippen LogP contribution in [0, 0.1) is 0 Å². The Balaban J connectivity index is 2.61. The Morgan fingerprint density at radius 1 is 1.67 bits per heavy atom. The molecule has 1 rings (SSSR count). The minimum Gasteiger partial charge on any atom is -0.370 e. The van der Waals surface area contributed by atoms with Gasteiger partial charge in [-0.1, -0.05) is 11.6 Å². The smallest absolute Gasteiger partial charge is 0.256 e. The molecule has 1 unspecified atom stereocenters. The van der Waals surface area contributed by atoms with Crippen molar-refractivity contribution in [2.45, 2.75) is 6.10 Å². The second-order valence-electron chi connectivity index (χ2n) is 2.69. The molecular formula is C8H11ClN4O2. The van der Waals surface area contributed by atoms with Crippen molar-refractivity contribution in [3.05, 3.63) is 17.3 Å². The molecule has 7 heteroatoms. The van der Waals surface area contributed by atoms with Gasteiger partial charge in [0, 0.05) is 13.7 Å². The Bertz CT molecular complexity index is 326. The van der Waals surface area contributed by atoms with Crippen molar-refractivity contribution in [2.24, 2.45) is 5.73 Å². The summed E-state index contributed by atoms with van der Waals surface area (Å²) in [5.74, 6) is -0.0588. The van der Waals surface area contributed by atoms with E-state index >= 15 is 0 Å². The lowest BCUT2D eigenvalue weighted by Crippen LogP contribution is -2.36. The number of nitrogens with zero attached hydrogens (tertiary/aromatic N) is 2. The summed E-state index contributed by atoms with van der Waals surface area (Å²) in [6.07, 6.45) is -0.692. The molecule has 1 aromatic heterocycles. The van der Waals surface area contributed by atoms with Gasteiger partial charge in [-0.15, -0.1) is 10.2 Å². The second kappa shape index (κ2) is 5.59. The predicted molar refractivity (Wildman–Crippen MR) is 55.5 cm³/mol. The van der Waals surface area contributed by atoms with E-state index in [0.29, 0.717) is 5.82 Å². The van der Waals surface area contributed by atoms with Crippen LogP contribution < -0.4 is 11.1 Å². The summed E-state index contributed by atoms with van der Waals surface area (Å²) in [6.45, 7) is 0.101. The van der Waals surface area contributed by atoms with Crippen LogP contribution in [-0.4, -0.2) is 35.9 Å². The van der Waals surface area contributed by atoms with Crippen molar-refractivity contribution in [1.29, 1.82) is 0 Å². The minimum atomic E-state index is -0.692. The number of nitrogens with two attached hydrogens (primary N) is 1. The van der Waals surface area contributed by atoms with Gasteiger partial charge >= 0.3 is 0 Å². The Morgan fingerprint density at radius 3 is 2.87 bits per heavy atom. The number of aromatic nitrogens is 2. The van der Waals surface area contributed by atoms with Crippen LogP contribution in [0.25, 0.3) is 0 Å². The number of amides is 1. The van der Waals surface area contributed by atoms with E-state index < -0.39 is 6.10 Å². The zero-order chi connectivity index (χ0) is 11.3. The van der Waals surface area contributed by atoms with Gasteiger partial charge in [0.2, 0.25) is 0 Å². The van der Waals surface area contributed by atoms with E-state index in [-0.39, 0.29) is 17.6 Å². The Kier molecular flexibility index (Phi) is 4.41. The number of ether oxygens (including phenoxy) is 1. The lowest BCUT2D eigenvalue weighted by atomic mass is 10.3. The molecule has 0 spiro atoms. The molecule has 6 nitrogen and oxygen atoms in total. The zero-order valence-electron chi connectivity index (χ0n) is 8.11. The molecule has 3 N–H and O–H groups in total. The van der Waals surface area contributed by atoms with Crippen molar-refractivity contribution < 1.29 is 9.53 Å². The Labute approximate surface area is 91.8 Å². The molecular weight excluding hydrogens is 220 g/mol. The predicted octanol–water partition coefficient (Wildman–Crippen LogP) is 0.0422. The Morgan fingerprint density at radius 2 is 2.40 bits per heavy atom. The van der Waals surface area contributed by atoms with Crippen LogP contribution in [0.1, 0.15) is 0 Å². The van der Waals surface area contributed by atoms with Crippen LogP contribution in [0.3, 0.4) is 0 Å². The van der Waals surface area contributed by atoms with Crippen LogP contribution in [0.15, 0.2) is 12.1 Å². The summed E-state index contributed by atoms with van der Waals surface area (Å²) in [7, 11) is 1.41. The second-order valence-corrected chi connectivity index (χ2v) is 3.08. The van der Waals surface area contributed by atoms with Gasteiger partial charge in [0.1, 0.15) is 6.10 Å². The summed E-state index contributed by atoms with van der Waals surface area (Å²) in [4.78, 5) is 11.4. The molecule has 1 amide bonds. The molecule has 1 atom stereocenters. The number of carbonyl (C=O) groups excluding carboxylic acids is 1. The van der Waals surface area contributed by atoms with E-state index in [1.54, 1.807) is 0 Å².